The standard InChI is InChI=1S/C21H15ClFN3O/c1-27-20-4-2-3-17-21(20)18(8-10-24-17)26-14-7-9-25-19(12-14)15-11-13(22)5-6-16(15)23/h2-12H,1H3,(H,24,25,26). The maximum Gasteiger partial charge on any atom is 0.132 e. The molecule has 2 heterocycles. The van der Waals surface area contributed by atoms with Crippen LogP contribution in [0.5, 0.6) is 5.75 Å². The molecular formula is C21H15ClFN3O. The van der Waals surface area contributed by atoms with Gasteiger partial charge in [0.15, 0.2) is 0 Å². The Hall–Kier alpha value is -3.18. The SMILES string of the molecule is COc1cccc2nccc(Nc3ccnc(-c4cc(Cl)ccc4F)c3)c12. The van der Waals surface area contributed by atoms with Crippen molar-refractivity contribution in [2.75, 3.05) is 12.4 Å². The van der Waals surface area contributed by atoms with Gasteiger partial charge in [0.05, 0.1) is 29.4 Å². The average molecular weight is 380 g/mol. The quantitative estimate of drug-likeness (QED) is 0.483. The van der Waals surface area contributed by atoms with Crippen LogP contribution in [0.3, 0.4) is 0 Å². The molecule has 4 rings (SSSR count). The number of aromatic nitrogens is 2. The zero-order chi connectivity index (χ0) is 18.8. The molecule has 4 nitrogen and oxygen atoms in total. The molecule has 2 aromatic heterocycles. The lowest BCUT2D eigenvalue weighted by Crippen LogP contribution is -1.96. The summed E-state index contributed by atoms with van der Waals surface area (Å²) in [6, 6.07) is 15.6. The highest BCUT2D eigenvalue weighted by Gasteiger charge is 2.11. The van der Waals surface area contributed by atoms with E-state index in [2.05, 4.69) is 15.3 Å². The maximum atomic E-state index is 14.2. The summed E-state index contributed by atoms with van der Waals surface area (Å²) >= 11 is 6.00. The van der Waals surface area contributed by atoms with Gasteiger partial charge in [-0.3, -0.25) is 9.97 Å². The Labute approximate surface area is 160 Å². The molecule has 0 aliphatic carbocycles. The first-order valence-electron chi connectivity index (χ1n) is 8.26. The zero-order valence-electron chi connectivity index (χ0n) is 14.4. The molecule has 4 aromatic rings. The molecular weight excluding hydrogens is 365 g/mol. The first kappa shape index (κ1) is 17.2. The van der Waals surface area contributed by atoms with E-state index >= 15 is 0 Å². The van der Waals surface area contributed by atoms with Gasteiger partial charge >= 0.3 is 0 Å². The first-order chi connectivity index (χ1) is 13.2. The Balaban J connectivity index is 1.77. The molecule has 6 heteroatoms. The van der Waals surface area contributed by atoms with Gasteiger partial charge in [0.2, 0.25) is 0 Å². The third kappa shape index (κ3) is 3.41. The van der Waals surface area contributed by atoms with Gasteiger partial charge in [0.25, 0.3) is 0 Å². The first-order valence-corrected chi connectivity index (χ1v) is 8.64. The highest BCUT2D eigenvalue weighted by molar-refractivity contribution is 6.30. The summed E-state index contributed by atoms with van der Waals surface area (Å²) in [7, 11) is 1.62. The Kier molecular flexibility index (Phi) is 4.60. The summed E-state index contributed by atoms with van der Waals surface area (Å²) in [4.78, 5) is 8.66. The van der Waals surface area contributed by atoms with Crippen molar-refractivity contribution in [1.29, 1.82) is 0 Å². The third-order valence-corrected chi connectivity index (χ3v) is 4.43. The van der Waals surface area contributed by atoms with E-state index in [1.54, 1.807) is 31.6 Å². The number of ether oxygens (including phenoxy) is 1. The van der Waals surface area contributed by atoms with Gasteiger partial charge < -0.3 is 10.1 Å². The predicted octanol–water partition coefficient (Wildman–Crippen LogP) is 5.84. The Bertz CT molecular complexity index is 1130. The lowest BCUT2D eigenvalue weighted by atomic mass is 10.1. The smallest absolute Gasteiger partial charge is 0.132 e. The number of rotatable bonds is 4. The van der Waals surface area contributed by atoms with Crippen LogP contribution >= 0.6 is 11.6 Å². The third-order valence-electron chi connectivity index (χ3n) is 4.19. The number of benzene rings is 2. The molecule has 2 aromatic carbocycles. The fourth-order valence-corrected chi connectivity index (χ4v) is 3.12. The van der Waals surface area contributed by atoms with Crippen molar-refractivity contribution in [1.82, 2.24) is 9.97 Å². The van der Waals surface area contributed by atoms with Crippen LogP contribution in [0.4, 0.5) is 15.8 Å². The zero-order valence-corrected chi connectivity index (χ0v) is 15.2. The van der Waals surface area contributed by atoms with E-state index < -0.39 is 0 Å². The van der Waals surface area contributed by atoms with Crippen LogP contribution < -0.4 is 10.1 Å². The van der Waals surface area contributed by atoms with Crippen LogP contribution in [-0.2, 0) is 0 Å². The molecule has 0 unspecified atom stereocenters. The summed E-state index contributed by atoms with van der Waals surface area (Å²) in [6.07, 6.45) is 3.35. The maximum absolute atomic E-state index is 14.2. The van der Waals surface area contributed by atoms with E-state index in [9.17, 15) is 4.39 Å². The van der Waals surface area contributed by atoms with Gasteiger partial charge in [-0.25, -0.2) is 4.39 Å². The van der Waals surface area contributed by atoms with Crippen molar-refractivity contribution in [3.05, 3.63) is 77.8 Å². The Morgan fingerprint density at radius 3 is 2.70 bits per heavy atom. The van der Waals surface area contributed by atoms with Crippen molar-refractivity contribution in [2.45, 2.75) is 0 Å². The number of nitrogens with one attached hydrogen (secondary N) is 1. The number of hydrogen-bond acceptors (Lipinski definition) is 4. The van der Waals surface area contributed by atoms with E-state index in [4.69, 9.17) is 16.3 Å². The monoisotopic (exact) mass is 379 g/mol. The topological polar surface area (TPSA) is 47.0 Å². The van der Waals surface area contributed by atoms with Crippen LogP contribution in [0.15, 0.2) is 67.0 Å². The summed E-state index contributed by atoms with van der Waals surface area (Å²) in [5, 5.41) is 4.68. The average Bonchev–Trinajstić information content (AvgIpc) is 2.69. The molecule has 0 saturated carbocycles. The second-order valence-corrected chi connectivity index (χ2v) is 6.33. The Morgan fingerprint density at radius 1 is 1.00 bits per heavy atom. The van der Waals surface area contributed by atoms with Crippen molar-refractivity contribution in [3.63, 3.8) is 0 Å². The van der Waals surface area contributed by atoms with Crippen molar-refractivity contribution < 1.29 is 9.13 Å². The highest BCUT2D eigenvalue weighted by Crippen LogP contribution is 2.33. The van der Waals surface area contributed by atoms with E-state index in [-0.39, 0.29) is 5.82 Å². The minimum absolute atomic E-state index is 0.350. The number of hydrogen-bond donors (Lipinski definition) is 1. The minimum Gasteiger partial charge on any atom is -0.496 e. The van der Waals surface area contributed by atoms with Crippen molar-refractivity contribution >= 4 is 33.9 Å². The van der Waals surface area contributed by atoms with Crippen molar-refractivity contribution in [2.24, 2.45) is 0 Å². The van der Waals surface area contributed by atoms with Crippen molar-refractivity contribution in [3.8, 4) is 17.0 Å². The van der Waals surface area contributed by atoms with Crippen LogP contribution in [0.25, 0.3) is 22.2 Å². The largest absolute Gasteiger partial charge is 0.496 e. The van der Waals surface area contributed by atoms with Gasteiger partial charge in [-0.1, -0.05) is 17.7 Å². The van der Waals surface area contributed by atoms with Gasteiger partial charge in [0, 0.05) is 28.7 Å². The number of anilines is 2. The van der Waals surface area contributed by atoms with Gasteiger partial charge in [-0.2, -0.15) is 0 Å². The number of nitrogens with zero attached hydrogens (tertiary/aromatic N) is 2. The second-order valence-electron chi connectivity index (χ2n) is 5.89. The molecule has 0 aliphatic rings. The molecule has 0 fully saturated rings. The van der Waals surface area contributed by atoms with E-state index in [0.717, 1.165) is 28.0 Å². The second kappa shape index (κ2) is 7.21. The molecule has 0 radical (unpaired) electrons. The number of halogens is 2. The molecule has 27 heavy (non-hydrogen) atoms. The molecule has 0 atom stereocenters. The fourth-order valence-electron chi connectivity index (χ4n) is 2.95. The minimum atomic E-state index is -0.375. The van der Waals surface area contributed by atoms with Gasteiger partial charge in [0.1, 0.15) is 11.6 Å². The van der Waals surface area contributed by atoms with Crippen LogP contribution in [0.2, 0.25) is 5.02 Å². The summed E-state index contributed by atoms with van der Waals surface area (Å²) in [5.41, 5.74) is 3.25. The summed E-state index contributed by atoms with van der Waals surface area (Å²) in [5.74, 6) is 0.346. The molecule has 0 saturated heterocycles. The molecule has 0 bridgehead atoms. The van der Waals surface area contributed by atoms with E-state index in [0.29, 0.717) is 16.3 Å². The summed E-state index contributed by atoms with van der Waals surface area (Å²) < 4.78 is 19.6. The van der Waals surface area contributed by atoms with Crippen LogP contribution in [0, 0.1) is 5.82 Å². The number of methoxy groups -OCH3 is 1. The van der Waals surface area contributed by atoms with Gasteiger partial charge in [-0.05, 0) is 48.5 Å². The normalized spacial score (nSPS) is 10.8. The van der Waals surface area contributed by atoms with Gasteiger partial charge in [-0.15, -0.1) is 0 Å². The van der Waals surface area contributed by atoms with Crippen LogP contribution in [-0.4, -0.2) is 17.1 Å². The number of pyridine rings is 2. The van der Waals surface area contributed by atoms with E-state index in [1.165, 1.54) is 12.1 Å². The predicted molar refractivity (Wildman–Crippen MR) is 106 cm³/mol. The highest BCUT2D eigenvalue weighted by atomic mass is 35.5. The Morgan fingerprint density at radius 2 is 1.85 bits per heavy atom. The van der Waals surface area contributed by atoms with E-state index in [1.807, 2.05) is 30.3 Å². The molecule has 1 N–H and O–H groups in total. The molecule has 0 spiro atoms. The fraction of sp³-hybridized carbons (Fsp3) is 0.0476. The molecule has 0 aliphatic heterocycles. The van der Waals surface area contributed by atoms with Crippen LogP contribution in [0.1, 0.15) is 0 Å². The number of fused-ring (bicyclic) bond motifs is 1. The summed E-state index contributed by atoms with van der Waals surface area (Å²) in [6.45, 7) is 0. The molecule has 0 amide bonds. The lowest BCUT2D eigenvalue weighted by Gasteiger charge is -2.13. The molecule has 134 valence electrons. The lowest BCUT2D eigenvalue weighted by molar-refractivity contribution is 0.420.